The third kappa shape index (κ3) is 3.36. The molecule has 1 aromatic carbocycles. The number of rotatable bonds is 5. The summed E-state index contributed by atoms with van der Waals surface area (Å²) in [5.74, 6) is 0. The normalized spacial score (nSPS) is 12.9. The molecule has 0 saturated carbocycles. The number of hydrogen-bond acceptors (Lipinski definition) is 2. The summed E-state index contributed by atoms with van der Waals surface area (Å²) >= 11 is 6.27. The van der Waals surface area contributed by atoms with Gasteiger partial charge in [0.2, 0.25) is 0 Å². The predicted octanol–water partition coefficient (Wildman–Crippen LogP) is 4.02. The van der Waals surface area contributed by atoms with Crippen molar-refractivity contribution in [2.24, 2.45) is 0 Å². The van der Waals surface area contributed by atoms with Gasteiger partial charge in [-0.2, -0.15) is 0 Å². The molecule has 0 aromatic heterocycles. The van der Waals surface area contributed by atoms with Crippen LogP contribution in [0.5, 0.6) is 0 Å². The minimum atomic E-state index is -0.472. The molecule has 0 saturated heterocycles. The topological polar surface area (TPSA) is 23.5 Å². The van der Waals surface area contributed by atoms with Crippen LogP contribution in [0.3, 0.4) is 0 Å². The maximum Gasteiger partial charge on any atom is 0.0762 e. The molecule has 0 bridgehead atoms. The van der Waals surface area contributed by atoms with Crippen molar-refractivity contribution in [3.63, 3.8) is 0 Å². The maximum atomic E-state index is 9.51. The van der Waals surface area contributed by atoms with E-state index in [0.29, 0.717) is 11.1 Å². The van der Waals surface area contributed by atoms with Crippen LogP contribution in [0, 0.1) is 0 Å². The first-order chi connectivity index (χ1) is 8.01. The van der Waals surface area contributed by atoms with E-state index in [2.05, 4.69) is 25.8 Å². The second kappa shape index (κ2) is 6.27. The van der Waals surface area contributed by atoms with Gasteiger partial charge in [-0.25, -0.2) is 0 Å². The molecule has 3 heteroatoms. The van der Waals surface area contributed by atoms with E-state index in [4.69, 9.17) is 11.6 Å². The smallest absolute Gasteiger partial charge is 0.0762 e. The van der Waals surface area contributed by atoms with Gasteiger partial charge in [0.1, 0.15) is 0 Å². The first-order valence-corrected chi connectivity index (χ1v) is 6.59. The Bertz CT molecular complexity index is 361. The molecular formula is C14H22ClNO. The van der Waals surface area contributed by atoms with Gasteiger partial charge in [-0.15, -0.1) is 0 Å². The van der Waals surface area contributed by atoms with Crippen LogP contribution in [0.25, 0.3) is 0 Å². The first kappa shape index (κ1) is 14.3. The number of aliphatic hydroxyl groups is 1. The van der Waals surface area contributed by atoms with Crippen LogP contribution in [0.2, 0.25) is 5.02 Å². The fraction of sp³-hybridized carbons (Fsp3) is 0.571. The highest BCUT2D eigenvalue weighted by Gasteiger charge is 2.14. The van der Waals surface area contributed by atoms with Gasteiger partial charge in [0, 0.05) is 13.1 Å². The van der Waals surface area contributed by atoms with Crippen LogP contribution in [0.1, 0.15) is 45.3 Å². The zero-order valence-corrected chi connectivity index (χ0v) is 11.8. The summed E-state index contributed by atoms with van der Waals surface area (Å²) in [6.45, 7) is 6.11. The molecule has 1 rings (SSSR count). The van der Waals surface area contributed by atoms with Gasteiger partial charge in [0.25, 0.3) is 0 Å². The van der Waals surface area contributed by atoms with Gasteiger partial charge in [-0.3, -0.25) is 0 Å². The quantitative estimate of drug-likeness (QED) is 0.859. The zero-order chi connectivity index (χ0) is 13.0. The maximum absolute atomic E-state index is 9.51. The molecule has 2 nitrogen and oxygen atoms in total. The standard InChI is InChI=1S/C14H22ClNO/c1-5-12(6-2)16(4)14-8-7-11(10(3)17)9-13(14)15/h7-10,12,17H,5-6H2,1-4H3/t10-/m1/s1. The van der Waals surface area contributed by atoms with Gasteiger partial charge in [-0.1, -0.05) is 31.5 Å². The van der Waals surface area contributed by atoms with Crippen molar-refractivity contribution in [3.05, 3.63) is 28.8 Å². The van der Waals surface area contributed by atoms with E-state index in [1.807, 2.05) is 18.2 Å². The van der Waals surface area contributed by atoms with E-state index >= 15 is 0 Å². The number of hydrogen-bond donors (Lipinski definition) is 1. The molecule has 17 heavy (non-hydrogen) atoms. The van der Waals surface area contributed by atoms with Crippen molar-refractivity contribution < 1.29 is 5.11 Å². The SMILES string of the molecule is CCC(CC)N(C)c1ccc([C@@H](C)O)cc1Cl. The Kier molecular flexibility index (Phi) is 5.29. The van der Waals surface area contributed by atoms with Crippen LogP contribution in [0.4, 0.5) is 5.69 Å². The Morgan fingerprint density at radius 2 is 1.88 bits per heavy atom. The van der Waals surface area contributed by atoms with Gasteiger partial charge < -0.3 is 10.0 Å². The summed E-state index contributed by atoms with van der Waals surface area (Å²) in [4.78, 5) is 2.22. The van der Waals surface area contributed by atoms with Gasteiger partial charge in [-0.05, 0) is 37.5 Å². The van der Waals surface area contributed by atoms with Gasteiger partial charge in [0.05, 0.1) is 16.8 Å². The third-order valence-electron chi connectivity index (χ3n) is 3.32. The van der Waals surface area contributed by atoms with Crippen LogP contribution in [-0.4, -0.2) is 18.2 Å². The lowest BCUT2D eigenvalue weighted by Gasteiger charge is -2.29. The zero-order valence-electron chi connectivity index (χ0n) is 11.1. The highest BCUT2D eigenvalue weighted by molar-refractivity contribution is 6.33. The fourth-order valence-corrected chi connectivity index (χ4v) is 2.42. The number of benzene rings is 1. The van der Waals surface area contributed by atoms with Crippen LogP contribution >= 0.6 is 11.6 Å². The van der Waals surface area contributed by atoms with Crippen molar-refractivity contribution in [3.8, 4) is 0 Å². The summed E-state index contributed by atoms with van der Waals surface area (Å²) in [5, 5.41) is 10.2. The molecule has 0 aliphatic heterocycles. The number of anilines is 1. The van der Waals surface area contributed by atoms with E-state index in [1.54, 1.807) is 6.92 Å². The molecule has 1 atom stereocenters. The molecular weight excluding hydrogens is 234 g/mol. The third-order valence-corrected chi connectivity index (χ3v) is 3.63. The molecule has 0 spiro atoms. The number of halogens is 1. The minimum absolute atomic E-state index is 0.472. The fourth-order valence-electron chi connectivity index (χ4n) is 2.10. The molecule has 0 unspecified atom stereocenters. The van der Waals surface area contributed by atoms with E-state index < -0.39 is 6.10 Å². The van der Waals surface area contributed by atoms with Crippen molar-refractivity contribution in [1.82, 2.24) is 0 Å². The Morgan fingerprint density at radius 1 is 1.29 bits per heavy atom. The number of nitrogens with zero attached hydrogens (tertiary/aromatic N) is 1. The lowest BCUT2D eigenvalue weighted by Crippen LogP contribution is -2.30. The molecule has 0 amide bonds. The second-order valence-electron chi connectivity index (χ2n) is 4.47. The molecule has 0 heterocycles. The van der Waals surface area contributed by atoms with E-state index in [0.717, 1.165) is 24.1 Å². The van der Waals surface area contributed by atoms with E-state index in [9.17, 15) is 5.11 Å². The van der Waals surface area contributed by atoms with Gasteiger partial charge >= 0.3 is 0 Å². The number of aliphatic hydroxyl groups excluding tert-OH is 1. The van der Waals surface area contributed by atoms with Gasteiger partial charge in [0.15, 0.2) is 0 Å². The highest BCUT2D eigenvalue weighted by Crippen LogP contribution is 2.30. The Morgan fingerprint density at radius 3 is 2.29 bits per heavy atom. The van der Waals surface area contributed by atoms with Crippen LogP contribution in [0.15, 0.2) is 18.2 Å². The Balaban J connectivity index is 2.99. The molecule has 1 aromatic rings. The summed E-state index contributed by atoms with van der Waals surface area (Å²) < 4.78 is 0. The van der Waals surface area contributed by atoms with E-state index in [1.165, 1.54) is 0 Å². The highest BCUT2D eigenvalue weighted by atomic mass is 35.5. The van der Waals surface area contributed by atoms with Crippen LogP contribution < -0.4 is 4.90 Å². The van der Waals surface area contributed by atoms with Crippen molar-refractivity contribution in [2.75, 3.05) is 11.9 Å². The monoisotopic (exact) mass is 255 g/mol. The van der Waals surface area contributed by atoms with Crippen molar-refractivity contribution >= 4 is 17.3 Å². The molecule has 1 N–H and O–H groups in total. The minimum Gasteiger partial charge on any atom is -0.389 e. The second-order valence-corrected chi connectivity index (χ2v) is 4.88. The average molecular weight is 256 g/mol. The van der Waals surface area contributed by atoms with Crippen LogP contribution in [-0.2, 0) is 0 Å². The summed E-state index contributed by atoms with van der Waals surface area (Å²) in [5.41, 5.74) is 1.89. The largest absolute Gasteiger partial charge is 0.389 e. The lowest BCUT2D eigenvalue weighted by molar-refractivity contribution is 0.199. The Labute approximate surface area is 109 Å². The average Bonchev–Trinajstić information content (AvgIpc) is 2.30. The molecule has 0 aliphatic rings. The first-order valence-electron chi connectivity index (χ1n) is 6.21. The predicted molar refractivity (Wildman–Crippen MR) is 74.9 cm³/mol. The summed E-state index contributed by atoms with van der Waals surface area (Å²) in [6, 6.07) is 6.28. The molecule has 0 radical (unpaired) electrons. The summed E-state index contributed by atoms with van der Waals surface area (Å²) in [6.07, 6.45) is 1.73. The molecule has 0 fully saturated rings. The molecule has 0 aliphatic carbocycles. The van der Waals surface area contributed by atoms with Crippen molar-refractivity contribution in [2.45, 2.75) is 45.8 Å². The van der Waals surface area contributed by atoms with Crippen molar-refractivity contribution in [1.29, 1.82) is 0 Å². The summed E-state index contributed by atoms with van der Waals surface area (Å²) in [7, 11) is 2.07. The van der Waals surface area contributed by atoms with E-state index in [-0.39, 0.29) is 0 Å². The molecule has 96 valence electrons. The lowest BCUT2D eigenvalue weighted by atomic mass is 10.1. The Hall–Kier alpha value is -0.730.